The first-order valence-corrected chi connectivity index (χ1v) is 11.9. The lowest BCUT2D eigenvalue weighted by Crippen LogP contribution is -2.42. The van der Waals surface area contributed by atoms with Crippen LogP contribution in [-0.2, 0) is 31.9 Å². The van der Waals surface area contributed by atoms with Gasteiger partial charge in [0.15, 0.2) is 0 Å². The van der Waals surface area contributed by atoms with Gasteiger partial charge in [0.2, 0.25) is 5.95 Å². The Morgan fingerprint density at radius 3 is 2.27 bits per heavy atom. The number of nitrogens with zero attached hydrogens (tertiary/aromatic N) is 2. The summed E-state index contributed by atoms with van der Waals surface area (Å²) in [6, 6.07) is 11.8. The standard InChI is InChI=1S/C27H31N5O5/c1-4-36-25(34)16(3)14-22(26(35)37-5-2)30-24(33)19-11-8-17(9-12-19)6-7-18-10-13-21-20(15-18)23(28)32-27(29)31-21/h8-13,15,22H,3-7,14H2,1-2H3,(H,30,33)(H4,28,29,31,32). The Morgan fingerprint density at radius 2 is 1.59 bits per heavy atom. The second-order valence-corrected chi connectivity index (χ2v) is 8.32. The van der Waals surface area contributed by atoms with Crippen molar-refractivity contribution in [3.05, 3.63) is 71.3 Å². The minimum absolute atomic E-state index is 0.0704. The van der Waals surface area contributed by atoms with Crippen LogP contribution in [0.2, 0.25) is 0 Å². The van der Waals surface area contributed by atoms with Gasteiger partial charge in [-0.15, -0.1) is 0 Å². The predicted octanol–water partition coefficient (Wildman–Crippen LogP) is 2.75. The van der Waals surface area contributed by atoms with Crippen LogP contribution in [-0.4, -0.2) is 47.1 Å². The number of nitrogen functional groups attached to an aromatic ring is 2. The zero-order chi connectivity index (χ0) is 26.9. The van der Waals surface area contributed by atoms with Gasteiger partial charge < -0.3 is 26.3 Å². The third-order valence-electron chi connectivity index (χ3n) is 5.62. The molecule has 1 aromatic heterocycles. The number of hydrogen-bond acceptors (Lipinski definition) is 9. The van der Waals surface area contributed by atoms with Gasteiger partial charge in [-0.2, -0.15) is 4.98 Å². The number of carbonyl (C=O) groups is 3. The van der Waals surface area contributed by atoms with Crippen molar-refractivity contribution >= 4 is 40.5 Å². The van der Waals surface area contributed by atoms with E-state index in [1.165, 1.54) is 0 Å². The quantitative estimate of drug-likeness (QED) is 0.263. The lowest BCUT2D eigenvalue weighted by molar-refractivity contribution is -0.145. The second kappa shape index (κ2) is 12.5. The van der Waals surface area contributed by atoms with Gasteiger partial charge >= 0.3 is 11.9 Å². The van der Waals surface area contributed by atoms with Crippen molar-refractivity contribution in [1.82, 2.24) is 15.3 Å². The van der Waals surface area contributed by atoms with Crippen LogP contribution in [0, 0.1) is 0 Å². The van der Waals surface area contributed by atoms with Gasteiger partial charge in [-0.25, -0.2) is 14.6 Å². The number of esters is 2. The highest BCUT2D eigenvalue weighted by Crippen LogP contribution is 2.21. The van der Waals surface area contributed by atoms with E-state index >= 15 is 0 Å². The molecule has 0 fully saturated rings. The number of benzene rings is 2. The fraction of sp³-hybridized carbons (Fsp3) is 0.296. The molecule has 3 rings (SSSR count). The molecule has 1 unspecified atom stereocenters. The van der Waals surface area contributed by atoms with Crippen molar-refractivity contribution in [2.24, 2.45) is 0 Å². The smallest absolute Gasteiger partial charge is 0.333 e. The number of hydrogen-bond donors (Lipinski definition) is 3. The number of anilines is 2. The van der Waals surface area contributed by atoms with E-state index in [4.69, 9.17) is 20.9 Å². The molecule has 3 aromatic rings. The molecule has 1 amide bonds. The maximum Gasteiger partial charge on any atom is 0.333 e. The van der Waals surface area contributed by atoms with Crippen molar-refractivity contribution in [2.75, 3.05) is 24.7 Å². The molecule has 0 spiro atoms. The van der Waals surface area contributed by atoms with Gasteiger partial charge in [0.25, 0.3) is 5.91 Å². The number of aryl methyl sites for hydroxylation is 2. The third kappa shape index (κ3) is 7.26. The lowest BCUT2D eigenvalue weighted by Gasteiger charge is -2.18. The molecule has 1 atom stereocenters. The first kappa shape index (κ1) is 27.1. The maximum absolute atomic E-state index is 12.8. The largest absolute Gasteiger partial charge is 0.464 e. The first-order valence-electron chi connectivity index (χ1n) is 11.9. The molecule has 0 bridgehead atoms. The zero-order valence-corrected chi connectivity index (χ0v) is 21.0. The van der Waals surface area contributed by atoms with Gasteiger partial charge in [-0.05, 0) is 62.1 Å². The molecule has 2 aromatic carbocycles. The summed E-state index contributed by atoms with van der Waals surface area (Å²) in [5.41, 5.74) is 14.8. The van der Waals surface area contributed by atoms with E-state index in [-0.39, 0.29) is 31.2 Å². The summed E-state index contributed by atoms with van der Waals surface area (Å²) < 4.78 is 9.96. The molecule has 0 aliphatic rings. The van der Waals surface area contributed by atoms with Crippen LogP contribution in [0.4, 0.5) is 11.8 Å². The highest BCUT2D eigenvalue weighted by molar-refractivity contribution is 5.97. The third-order valence-corrected chi connectivity index (χ3v) is 5.62. The van der Waals surface area contributed by atoms with Crippen LogP contribution in [0.25, 0.3) is 10.9 Å². The van der Waals surface area contributed by atoms with Gasteiger partial charge in [0, 0.05) is 22.9 Å². The van der Waals surface area contributed by atoms with Gasteiger partial charge in [0.1, 0.15) is 11.9 Å². The van der Waals surface area contributed by atoms with Crippen LogP contribution >= 0.6 is 0 Å². The van der Waals surface area contributed by atoms with Gasteiger partial charge in [0.05, 0.1) is 18.7 Å². The number of amides is 1. The van der Waals surface area contributed by atoms with Gasteiger partial charge in [-0.3, -0.25) is 4.79 Å². The van der Waals surface area contributed by atoms with Crippen molar-refractivity contribution in [3.8, 4) is 0 Å². The summed E-state index contributed by atoms with van der Waals surface area (Å²) in [6.07, 6.45) is 1.36. The summed E-state index contributed by atoms with van der Waals surface area (Å²) >= 11 is 0. The van der Waals surface area contributed by atoms with E-state index in [1.807, 2.05) is 30.3 Å². The zero-order valence-electron chi connectivity index (χ0n) is 21.0. The summed E-state index contributed by atoms with van der Waals surface area (Å²) in [6.45, 7) is 7.31. The average molecular weight is 506 g/mol. The molecule has 0 saturated heterocycles. The number of fused-ring (bicyclic) bond motifs is 1. The Bertz CT molecular complexity index is 1310. The van der Waals surface area contributed by atoms with E-state index in [0.29, 0.717) is 16.9 Å². The molecular weight excluding hydrogens is 474 g/mol. The second-order valence-electron chi connectivity index (χ2n) is 8.32. The highest BCUT2D eigenvalue weighted by Gasteiger charge is 2.26. The van der Waals surface area contributed by atoms with Crippen LogP contribution in [0.3, 0.4) is 0 Å². The van der Waals surface area contributed by atoms with Crippen LogP contribution < -0.4 is 16.8 Å². The molecule has 37 heavy (non-hydrogen) atoms. The van der Waals surface area contributed by atoms with E-state index in [1.54, 1.807) is 26.0 Å². The summed E-state index contributed by atoms with van der Waals surface area (Å²) in [4.78, 5) is 45.3. The highest BCUT2D eigenvalue weighted by atomic mass is 16.5. The summed E-state index contributed by atoms with van der Waals surface area (Å²) in [7, 11) is 0. The number of aromatic nitrogens is 2. The number of nitrogens with one attached hydrogen (secondary N) is 1. The monoisotopic (exact) mass is 505 g/mol. The molecule has 1 heterocycles. The Balaban J connectivity index is 1.63. The molecule has 10 nitrogen and oxygen atoms in total. The lowest BCUT2D eigenvalue weighted by atomic mass is 10.0. The average Bonchev–Trinajstić information content (AvgIpc) is 2.87. The molecule has 5 N–H and O–H groups in total. The van der Waals surface area contributed by atoms with Crippen LogP contribution in [0.1, 0.15) is 41.8 Å². The number of ether oxygens (including phenoxy) is 2. The Hall–Kier alpha value is -4.47. The van der Waals surface area contributed by atoms with Crippen molar-refractivity contribution < 1.29 is 23.9 Å². The Kier molecular flexibility index (Phi) is 9.15. The van der Waals surface area contributed by atoms with Crippen molar-refractivity contribution in [2.45, 2.75) is 39.2 Å². The topological polar surface area (TPSA) is 160 Å². The van der Waals surface area contributed by atoms with Crippen molar-refractivity contribution in [3.63, 3.8) is 0 Å². The molecule has 0 aliphatic carbocycles. The SMILES string of the molecule is C=C(CC(NC(=O)c1ccc(CCc2ccc3nc(N)nc(N)c3c2)cc1)C(=O)OCC)C(=O)OCC. The number of carbonyl (C=O) groups excluding carboxylic acids is 3. The summed E-state index contributed by atoms with van der Waals surface area (Å²) in [5, 5.41) is 3.39. The molecule has 194 valence electrons. The molecule has 10 heteroatoms. The molecule has 0 saturated carbocycles. The fourth-order valence-electron chi connectivity index (χ4n) is 3.73. The van der Waals surface area contributed by atoms with Crippen molar-refractivity contribution in [1.29, 1.82) is 0 Å². The molecule has 0 aliphatic heterocycles. The Labute approximate surface area is 215 Å². The minimum Gasteiger partial charge on any atom is -0.464 e. The number of rotatable bonds is 11. The normalized spacial score (nSPS) is 11.5. The van der Waals surface area contributed by atoms with E-state index in [9.17, 15) is 14.4 Å². The number of nitrogens with two attached hydrogens (primary N) is 2. The maximum atomic E-state index is 12.8. The van der Waals surface area contributed by atoms with E-state index in [0.717, 1.165) is 29.4 Å². The Morgan fingerprint density at radius 1 is 0.946 bits per heavy atom. The predicted molar refractivity (Wildman–Crippen MR) is 140 cm³/mol. The van der Waals surface area contributed by atoms with Gasteiger partial charge in [-0.1, -0.05) is 24.8 Å². The van der Waals surface area contributed by atoms with Crippen LogP contribution in [0.5, 0.6) is 0 Å². The van der Waals surface area contributed by atoms with E-state index < -0.39 is 23.9 Å². The molecular formula is C27H31N5O5. The van der Waals surface area contributed by atoms with E-state index in [2.05, 4.69) is 21.9 Å². The minimum atomic E-state index is -1.07. The fourth-order valence-corrected chi connectivity index (χ4v) is 3.73. The molecule has 0 radical (unpaired) electrons. The summed E-state index contributed by atoms with van der Waals surface area (Å²) in [5.74, 6) is -1.26. The first-order chi connectivity index (χ1) is 17.7. The van der Waals surface area contributed by atoms with Crippen LogP contribution in [0.15, 0.2) is 54.6 Å².